The summed E-state index contributed by atoms with van der Waals surface area (Å²) in [4.78, 5) is 67.6. The Kier molecular flexibility index (Phi) is 9.30. The fourth-order valence-electron chi connectivity index (χ4n) is 7.02. The topological polar surface area (TPSA) is 173 Å². The lowest BCUT2D eigenvalue weighted by molar-refractivity contribution is -0.146. The van der Waals surface area contributed by atoms with Gasteiger partial charge in [0.25, 0.3) is 5.91 Å². The maximum absolute atomic E-state index is 14.3. The molecule has 48 heavy (non-hydrogen) atoms. The normalized spacial score (nSPS) is 24.9. The van der Waals surface area contributed by atoms with Gasteiger partial charge >= 0.3 is 13.3 Å². The highest BCUT2D eigenvalue weighted by Crippen LogP contribution is 2.59. The van der Waals surface area contributed by atoms with E-state index >= 15 is 0 Å². The van der Waals surface area contributed by atoms with Gasteiger partial charge in [-0.25, -0.2) is 4.98 Å². The number of ether oxygens (including phenoxy) is 1. The van der Waals surface area contributed by atoms with Gasteiger partial charge in [0.1, 0.15) is 12.1 Å². The minimum atomic E-state index is -5.77. The summed E-state index contributed by atoms with van der Waals surface area (Å²) >= 11 is 1.000. The Labute approximate surface area is 278 Å². The molecular weight excluding hydrogens is 667 g/mol. The second kappa shape index (κ2) is 13.2. The van der Waals surface area contributed by atoms with Crippen LogP contribution in [0.3, 0.4) is 0 Å². The number of hydrogen-bond donors (Lipinski definition) is 3. The zero-order chi connectivity index (χ0) is 34.4. The van der Waals surface area contributed by atoms with Gasteiger partial charge in [0, 0.05) is 41.4 Å². The molecule has 3 amide bonds. The lowest BCUT2D eigenvalue weighted by Gasteiger charge is -2.36. The number of amides is 3. The fraction of sp³-hybridized carbons (Fsp3) is 0.469. The van der Waals surface area contributed by atoms with Crippen molar-refractivity contribution >= 4 is 46.7 Å². The molecule has 3 saturated heterocycles. The van der Waals surface area contributed by atoms with Gasteiger partial charge in [-0.2, -0.15) is 14.0 Å². The Balaban J connectivity index is 1.19. The number of pyridine rings is 1. The highest BCUT2D eigenvalue weighted by molar-refractivity contribution is 7.52. The molecule has 16 heteroatoms. The van der Waals surface area contributed by atoms with Crippen LogP contribution in [0, 0.1) is 17.2 Å². The number of carbonyl (C=O) groups excluding carboxylic acids is 3. The van der Waals surface area contributed by atoms with Gasteiger partial charge in [0.15, 0.2) is 0 Å². The molecule has 3 aromatic rings. The van der Waals surface area contributed by atoms with Crippen LogP contribution in [0.1, 0.15) is 65.4 Å². The number of alkyl halides is 2. The molecule has 1 aromatic carbocycles. The van der Waals surface area contributed by atoms with Gasteiger partial charge in [0.2, 0.25) is 17.7 Å². The minimum absolute atomic E-state index is 0.138. The van der Waals surface area contributed by atoms with Gasteiger partial charge in [-0.1, -0.05) is 25.0 Å². The van der Waals surface area contributed by atoms with Crippen molar-refractivity contribution in [3.63, 3.8) is 0 Å². The third-order valence-electron chi connectivity index (χ3n) is 9.51. The number of aromatic nitrogens is 1. The monoisotopic (exact) mass is 701 g/mol. The number of likely N-dealkylation sites (tertiary alicyclic amines) is 1. The van der Waals surface area contributed by atoms with Crippen molar-refractivity contribution in [1.82, 2.24) is 20.1 Å². The SMILES string of the molecule is COc1cccc([C@@H]2CN(C(=O)[C@@H]3CC[C@@H]4CCCC[C@H](NC(=O)c5cc6cc(C(F)(F)P(=O)(O)O)ccc6s5)C(=O)N43)C[C@H]2C#N)n1. The van der Waals surface area contributed by atoms with Gasteiger partial charge in [-0.3, -0.25) is 18.9 Å². The summed E-state index contributed by atoms with van der Waals surface area (Å²) in [5.74, 6) is -1.59. The van der Waals surface area contributed by atoms with Crippen molar-refractivity contribution in [1.29, 1.82) is 5.26 Å². The molecule has 0 saturated carbocycles. The molecule has 0 aliphatic carbocycles. The van der Waals surface area contributed by atoms with Gasteiger partial charge in [-0.15, -0.1) is 11.3 Å². The van der Waals surface area contributed by atoms with Crippen molar-refractivity contribution in [2.75, 3.05) is 20.2 Å². The second-order valence-electron chi connectivity index (χ2n) is 12.4. The number of methoxy groups -OCH3 is 1. The van der Waals surface area contributed by atoms with Gasteiger partial charge < -0.3 is 29.6 Å². The van der Waals surface area contributed by atoms with Crippen molar-refractivity contribution in [3.8, 4) is 11.9 Å². The van der Waals surface area contributed by atoms with E-state index in [4.69, 9.17) is 14.5 Å². The molecular formula is C32H34F2N5O7PS. The first kappa shape index (κ1) is 33.9. The van der Waals surface area contributed by atoms with Crippen molar-refractivity contribution in [3.05, 3.63) is 58.6 Å². The van der Waals surface area contributed by atoms with Crippen molar-refractivity contribution < 1.29 is 42.3 Å². The molecule has 3 fully saturated rings. The van der Waals surface area contributed by atoms with E-state index in [2.05, 4.69) is 16.4 Å². The number of nitriles is 1. The first-order valence-corrected chi connectivity index (χ1v) is 18.0. The number of carbonyl (C=O) groups is 3. The predicted molar refractivity (Wildman–Crippen MR) is 170 cm³/mol. The molecule has 3 N–H and O–H groups in total. The molecule has 12 nitrogen and oxygen atoms in total. The smallest absolute Gasteiger partial charge is 0.399 e. The number of nitrogens with zero attached hydrogens (tertiary/aromatic N) is 4. The van der Waals surface area contributed by atoms with Crippen LogP contribution in [0.4, 0.5) is 8.78 Å². The van der Waals surface area contributed by atoms with E-state index in [1.165, 1.54) is 19.2 Å². The number of nitrogens with one attached hydrogen (secondary N) is 1. The van der Waals surface area contributed by atoms with E-state index in [0.717, 1.165) is 36.3 Å². The quantitative estimate of drug-likeness (QED) is 0.303. The number of rotatable bonds is 7. The molecule has 3 aliphatic rings. The van der Waals surface area contributed by atoms with Crippen molar-refractivity contribution in [2.24, 2.45) is 5.92 Å². The lowest BCUT2D eigenvalue weighted by atomic mass is 9.94. The first-order chi connectivity index (χ1) is 22.8. The summed E-state index contributed by atoms with van der Waals surface area (Å²) in [6.45, 7) is 0.477. The van der Waals surface area contributed by atoms with Crippen LogP contribution >= 0.6 is 18.9 Å². The van der Waals surface area contributed by atoms with Crippen LogP contribution in [0.25, 0.3) is 10.1 Å². The molecule has 5 atom stereocenters. The molecule has 0 radical (unpaired) electrons. The van der Waals surface area contributed by atoms with Crippen LogP contribution in [0.15, 0.2) is 42.5 Å². The predicted octanol–water partition coefficient (Wildman–Crippen LogP) is 4.33. The Bertz CT molecular complexity index is 1840. The maximum Gasteiger partial charge on any atom is 0.399 e. The third-order valence-corrected chi connectivity index (χ3v) is 11.6. The maximum atomic E-state index is 14.3. The van der Waals surface area contributed by atoms with Crippen LogP contribution < -0.4 is 10.1 Å². The zero-order valence-corrected chi connectivity index (χ0v) is 27.6. The van der Waals surface area contributed by atoms with E-state index in [1.54, 1.807) is 28.0 Å². The summed E-state index contributed by atoms with van der Waals surface area (Å²) in [5, 5.41) is 12.9. The van der Waals surface area contributed by atoms with E-state index in [-0.39, 0.29) is 47.1 Å². The fourth-order valence-corrected chi connectivity index (χ4v) is 8.45. The van der Waals surface area contributed by atoms with Crippen LogP contribution in [0.5, 0.6) is 5.88 Å². The zero-order valence-electron chi connectivity index (χ0n) is 25.9. The van der Waals surface area contributed by atoms with Gasteiger partial charge in [-0.05, 0) is 55.3 Å². The molecule has 6 rings (SSSR count). The highest BCUT2D eigenvalue weighted by atomic mass is 32.1. The lowest BCUT2D eigenvalue weighted by Crippen LogP contribution is -2.56. The number of fused-ring (bicyclic) bond motifs is 2. The van der Waals surface area contributed by atoms with Crippen LogP contribution in [0.2, 0.25) is 0 Å². The van der Waals surface area contributed by atoms with E-state index in [0.29, 0.717) is 42.0 Å². The van der Waals surface area contributed by atoms with E-state index < -0.39 is 42.7 Å². The Hall–Kier alpha value is -3.96. The molecule has 0 spiro atoms. The molecule has 254 valence electrons. The third kappa shape index (κ3) is 6.30. The number of halogens is 2. The Morgan fingerprint density at radius 1 is 1.12 bits per heavy atom. The highest BCUT2D eigenvalue weighted by Gasteiger charge is 2.51. The molecule has 0 bridgehead atoms. The van der Waals surface area contributed by atoms with Crippen LogP contribution in [-0.2, 0) is 19.8 Å². The summed E-state index contributed by atoms with van der Waals surface area (Å²) in [5.41, 5.74) is -4.61. The van der Waals surface area contributed by atoms with Gasteiger partial charge in [0.05, 0.1) is 29.7 Å². The largest absolute Gasteiger partial charge is 0.481 e. The number of thiophene rings is 1. The number of hydrogen-bond acceptors (Lipinski definition) is 8. The molecule has 3 aliphatic heterocycles. The summed E-state index contributed by atoms with van der Waals surface area (Å²) in [6, 6.07) is 10.2. The van der Waals surface area contributed by atoms with Crippen LogP contribution in [-0.4, -0.2) is 80.6 Å². The summed E-state index contributed by atoms with van der Waals surface area (Å²) < 4.78 is 45.7. The Morgan fingerprint density at radius 2 is 1.90 bits per heavy atom. The average molecular weight is 702 g/mol. The van der Waals surface area contributed by atoms with Crippen molar-refractivity contribution in [2.45, 2.75) is 68.2 Å². The molecule has 2 aromatic heterocycles. The first-order valence-electron chi connectivity index (χ1n) is 15.6. The summed E-state index contributed by atoms with van der Waals surface area (Å²) in [6.07, 6.45) is 3.65. The molecule has 0 unspecified atom stereocenters. The Morgan fingerprint density at radius 3 is 2.62 bits per heavy atom. The second-order valence-corrected chi connectivity index (χ2v) is 15.2. The summed E-state index contributed by atoms with van der Waals surface area (Å²) in [7, 11) is -4.27. The number of benzene rings is 1. The van der Waals surface area contributed by atoms with E-state index in [1.807, 2.05) is 0 Å². The minimum Gasteiger partial charge on any atom is -0.481 e. The molecule has 5 heterocycles. The average Bonchev–Trinajstić information content (AvgIpc) is 3.80. The standard InChI is InChI=1S/C32H34F2N5O7PS/c1-46-28-8-4-7-23(36-28)22-17-38(16-19(22)15-35)31(42)25-11-10-21-5-2-3-6-24(30(41)39(21)25)37-29(40)27-14-18-13-20(9-12-26(18)48-27)32(33,34)47(43,44)45/h4,7-9,12-14,19,21-22,24-25H,2-3,5-6,10-11,16-17H2,1H3,(H,37,40)(H2,43,44,45)/t19-,21+,22-,24+,25+/m1/s1. The van der Waals surface area contributed by atoms with E-state index in [9.17, 15) is 33.0 Å².